The van der Waals surface area contributed by atoms with Gasteiger partial charge in [-0.25, -0.2) is 9.78 Å². The summed E-state index contributed by atoms with van der Waals surface area (Å²) in [6, 6.07) is 10.0. The number of imidazole rings is 1. The standard InChI is InChI=1S/C17H18N2O2S/c1-10(2)9-13-15(16(20)21)22-17-18-14(11(3)19(13)17)12-7-5-4-6-8-12/h4-8,10H,9H2,1-3H3,(H,20,21). The average molecular weight is 314 g/mol. The van der Waals surface area contributed by atoms with Crippen LogP contribution in [0.3, 0.4) is 0 Å². The minimum Gasteiger partial charge on any atom is -0.477 e. The number of hydrogen-bond donors (Lipinski definition) is 1. The third-order valence-corrected chi connectivity index (χ3v) is 4.72. The summed E-state index contributed by atoms with van der Waals surface area (Å²) in [5.41, 5.74) is 3.84. The van der Waals surface area contributed by atoms with Crippen molar-refractivity contribution < 1.29 is 9.90 Å². The molecule has 1 N–H and O–H groups in total. The zero-order valence-electron chi connectivity index (χ0n) is 12.8. The highest BCUT2D eigenvalue weighted by Crippen LogP contribution is 2.32. The minimum absolute atomic E-state index is 0.387. The molecular weight excluding hydrogens is 296 g/mol. The predicted molar refractivity (Wildman–Crippen MR) is 88.7 cm³/mol. The van der Waals surface area contributed by atoms with Gasteiger partial charge in [-0.2, -0.15) is 0 Å². The lowest BCUT2D eigenvalue weighted by Crippen LogP contribution is -2.06. The van der Waals surface area contributed by atoms with Crippen molar-refractivity contribution in [3.8, 4) is 11.3 Å². The quantitative estimate of drug-likeness (QED) is 0.782. The molecule has 0 saturated carbocycles. The van der Waals surface area contributed by atoms with Gasteiger partial charge in [-0.15, -0.1) is 0 Å². The second kappa shape index (κ2) is 5.57. The molecule has 1 aromatic carbocycles. The molecular formula is C17H18N2O2S. The third-order valence-electron chi connectivity index (χ3n) is 3.65. The van der Waals surface area contributed by atoms with Crippen molar-refractivity contribution >= 4 is 22.3 Å². The number of thiazole rings is 1. The molecule has 0 spiro atoms. The molecule has 0 unspecified atom stereocenters. The Hall–Kier alpha value is -2.14. The normalized spacial score (nSPS) is 11.5. The molecule has 0 aliphatic rings. The first-order chi connectivity index (χ1) is 10.5. The summed E-state index contributed by atoms with van der Waals surface area (Å²) in [7, 11) is 0. The van der Waals surface area contributed by atoms with E-state index in [9.17, 15) is 9.90 Å². The molecule has 5 heteroatoms. The van der Waals surface area contributed by atoms with Crippen LogP contribution in [0.1, 0.15) is 34.9 Å². The van der Waals surface area contributed by atoms with E-state index in [0.29, 0.717) is 10.8 Å². The molecule has 0 saturated heterocycles. The van der Waals surface area contributed by atoms with E-state index < -0.39 is 5.97 Å². The highest BCUT2D eigenvalue weighted by Gasteiger charge is 2.23. The Morgan fingerprint density at radius 3 is 2.59 bits per heavy atom. The van der Waals surface area contributed by atoms with E-state index in [1.165, 1.54) is 11.3 Å². The molecule has 0 bridgehead atoms. The SMILES string of the molecule is Cc1c(-c2ccccc2)nc2sc(C(=O)O)c(CC(C)C)n12. The van der Waals surface area contributed by atoms with Crippen molar-refractivity contribution in [3.63, 3.8) is 0 Å². The number of benzene rings is 1. The van der Waals surface area contributed by atoms with Gasteiger partial charge in [-0.1, -0.05) is 55.5 Å². The van der Waals surface area contributed by atoms with E-state index >= 15 is 0 Å². The van der Waals surface area contributed by atoms with E-state index in [0.717, 1.165) is 34.0 Å². The lowest BCUT2D eigenvalue weighted by Gasteiger charge is -2.07. The van der Waals surface area contributed by atoms with Crippen LogP contribution in [0.25, 0.3) is 16.2 Å². The molecule has 0 fully saturated rings. The molecule has 114 valence electrons. The van der Waals surface area contributed by atoms with E-state index in [1.54, 1.807) is 0 Å². The Morgan fingerprint density at radius 1 is 1.32 bits per heavy atom. The summed E-state index contributed by atoms with van der Waals surface area (Å²) < 4.78 is 2.01. The average Bonchev–Trinajstić information content (AvgIpc) is 2.98. The number of rotatable bonds is 4. The molecule has 0 amide bonds. The number of carboxylic acid groups (broad SMARTS) is 1. The number of hydrogen-bond acceptors (Lipinski definition) is 3. The number of aromatic carboxylic acids is 1. The van der Waals surface area contributed by atoms with Gasteiger partial charge in [0.2, 0.25) is 0 Å². The van der Waals surface area contributed by atoms with Crippen molar-refractivity contribution in [2.45, 2.75) is 27.2 Å². The van der Waals surface area contributed by atoms with Crippen molar-refractivity contribution in [1.29, 1.82) is 0 Å². The van der Waals surface area contributed by atoms with Gasteiger partial charge in [0.25, 0.3) is 0 Å². The molecule has 3 rings (SSSR count). The van der Waals surface area contributed by atoms with Crippen molar-refractivity contribution in [2.75, 3.05) is 0 Å². The van der Waals surface area contributed by atoms with Crippen LogP contribution in [-0.2, 0) is 6.42 Å². The molecule has 0 atom stereocenters. The van der Waals surface area contributed by atoms with Crippen LogP contribution in [0.4, 0.5) is 0 Å². The Balaban J connectivity index is 2.24. The van der Waals surface area contributed by atoms with Gasteiger partial charge in [0, 0.05) is 11.3 Å². The molecule has 0 radical (unpaired) electrons. The Kier molecular flexibility index (Phi) is 3.74. The summed E-state index contributed by atoms with van der Waals surface area (Å²) in [6.45, 7) is 6.20. The van der Waals surface area contributed by atoms with Crippen LogP contribution in [0.2, 0.25) is 0 Å². The van der Waals surface area contributed by atoms with Gasteiger partial charge in [-0.05, 0) is 19.3 Å². The minimum atomic E-state index is -0.869. The number of aryl methyl sites for hydroxylation is 1. The molecule has 4 nitrogen and oxygen atoms in total. The summed E-state index contributed by atoms with van der Waals surface area (Å²) in [5, 5.41) is 9.44. The summed E-state index contributed by atoms with van der Waals surface area (Å²) in [5.74, 6) is -0.482. The molecule has 0 aliphatic carbocycles. The van der Waals surface area contributed by atoms with Crippen LogP contribution in [-0.4, -0.2) is 20.5 Å². The number of fused-ring (bicyclic) bond motifs is 1. The van der Waals surface area contributed by atoms with Gasteiger partial charge in [-0.3, -0.25) is 4.40 Å². The van der Waals surface area contributed by atoms with Gasteiger partial charge in [0.1, 0.15) is 4.88 Å². The first-order valence-electron chi connectivity index (χ1n) is 7.28. The predicted octanol–water partition coefficient (Wildman–Crippen LogP) is 4.27. The smallest absolute Gasteiger partial charge is 0.347 e. The monoisotopic (exact) mass is 314 g/mol. The van der Waals surface area contributed by atoms with Crippen molar-refractivity contribution in [2.24, 2.45) is 5.92 Å². The Bertz CT molecular complexity index is 831. The van der Waals surface area contributed by atoms with Crippen molar-refractivity contribution in [3.05, 3.63) is 46.6 Å². The molecule has 2 heterocycles. The number of aromatic nitrogens is 2. The van der Waals surface area contributed by atoms with Gasteiger partial charge >= 0.3 is 5.97 Å². The fraction of sp³-hybridized carbons (Fsp3) is 0.294. The molecule has 2 aromatic heterocycles. The largest absolute Gasteiger partial charge is 0.477 e. The summed E-state index contributed by atoms with van der Waals surface area (Å²) in [4.78, 5) is 17.3. The van der Waals surface area contributed by atoms with E-state index in [2.05, 4.69) is 18.8 Å². The zero-order chi connectivity index (χ0) is 15.9. The maximum atomic E-state index is 11.5. The first-order valence-corrected chi connectivity index (χ1v) is 8.10. The fourth-order valence-corrected chi connectivity index (χ4v) is 3.76. The van der Waals surface area contributed by atoms with Crippen molar-refractivity contribution in [1.82, 2.24) is 9.38 Å². The topological polar surface area (TPSA) is 54.6 Å². The number of nitrogens with zero attached hydrogens (tertiary/aromatic N) is 2. The summed E-state index contributed by atoms with van der Waals surface area (Å²) >= 11 is 1.26. The zero-order valence-corrected chi connectivity index (χ0v) is 13.6. The first kappa shape index (κ1) is 14.8. The van der Waals surface area contributed by atoms with Crippen LogP contribution >= 0.6 is 11.3 Å². The highest BCUT2D eigenvalue weighted by molar-refractivity contribution is 7.19. The number of carboxylic acids is 1. The Labute approximate surface area is 133 Å². The maximum Gasteiger partial charge on any atom is 0.347 e. The summed E-state index contributed by atoms with van der Waals surface area (Å²) in [6.07, 6.45) is 0.729. The van der Waals surface area contributed by atoms with Crippen LogP contribution in [0.15, 0.2) is 30.3 Å². The van der Waals surface area contributed by atoms with E-state index in [-0.39, 0.29) is 0 Å². The van der Waals surface area contributed by atoms with Crippen LogP contribution < -0.4 is 0 Å². The van der Waals surface area contributed by atoms with Crippen LogP contribution in [0.5, 0.6) is 0 Å². The fourth-order valence-electron chi connectivity index (χ4n) is 2.72. The van der Waals surface area contributed by atoms with Gasteiger partial charge < -0.3 is 5.11 Å². The van der Waals surface area contributed by atoms with Gasteiger partial charge in [0.15, 0.2) is 4.96 Å². The van der Waals surface area contributed by atoms with E-state index in [4.69, 9.17) is 0 Å². The van der Waals surface area contributed by atoms with Gasteiger partial charge in [0.05, 0.1) is 11.4 Å². The highest BCUT2D eigenvalue weighted by atomic mass is 32.1. The lowest BCUT2D eigenvalue weighted by molar-refractivity contribution is 0.0700. The van der Waals surface area contributed by atoms with Crippen LogP contribution in [0, 0.1) is 12.8 Å². The lowest BCUT2D eigenvalue weighted by atomic mass is 10.1. The maximum absolute atomic E-state index is 11.5. The third kappa shape index (κ3) is 2.41. The van der Waals surface area contributed by atoms with E-state index in [1.807, 2.05) is 41.7 Å². The molecule has 3 aromatic rings. The second-order valence-corrected chi connectivity index (χ2v) is 6.79. The molecule has 22 heavy (non-hydrogen) atoms. The Morgan fingerprint density at radius 2 is 2.00 bits per heavy atom. The second-order valence-electron chi connectivity index (χ2n) is 5.81. The molecule has 0 aliphatic heterocycles. The number of carbonyl (C=O) groups is 1.